The zero-order valence-electron chi connectivity index (χ0n) is 24.7. The summed E-state index contributed by atoms with van der Waals surface area (Å²) in [6, 6.07) is 7.38. The Morgan fingerprint density at radius 3 is 2.40 bits per heavy atom. The van der Waals surface area contributed by atoms with Gasteiger partial charge in [-0.2, -0.15) is 9.40 Å². The molecule has 3 aliphatic rings. The van der Waals surface area contributed by atoms with Crippen LogP contribution < -0.4 is 15.5 Å². The van der Waals surface area contributed by atoms with E-state index >= 15 is 0 Å². The van der Waals surface area contributed by atoms with Crippen molar-refractivity contribution in [2.24, 2.45) is 0 Å². The standard InChI is InChI=1S/C30H35F2N7O5S/c31-20-14-21(32)16-23(15-20)45(42,43)39-9-6-26-25(18-39)29(36-35-26)34-30(41)24-5-4-22(38-10-12-44-13-11-38)17-27(24)33-28(40)19-37-7-2-1-3-8-37/h4-5,14-17H,1-3,6-13,18-19H2,(H,33,40)(H2,34,35,36,41). The summed E-state index contributed by atoms with van der Waals surface area (Å²) in [4.78, 5) is 30.5. The normalized spacial score (nSPS) is 18.0. The number of fused-ring (bicyclic) bond motifs is 1. The number of ether oxygens (including phenoxy) is 1. The van der Waals surface area contributed by atoms with E-state index in [0.29, 0.717) is 49.3 Å². The van der Waals surface area contributed by atoms with Gasteiger partial charge in [-0.05, 0) is 56.3 Å². The molecule has 1 aromatic heterocycles. The van der Waals surface area contributed by atoms with Crippen LogP contribution in [-0.2, 0) is 32.5 Å². The van der Waals surface area contributed by atoms with Gasteiger partial charge in [0.15, 0.2) is 5.82 Å². The Morgan fingerprint density at radius 1 is 0.933 bits per heavy atom. The predicted molar refractivity (Wildman–Crippen MR) is 163 cm³/mol. The summed E-state index contributed by atoms with van der Waals surface area (Å²) in [5, 5.41) is 12.8. The molecule has 12 nitrogen and oxygen atoms in total. The lowest BCUT2D eigenvalue weighted by Gasteiger charge is -2.30. The summed E-state index contributed by atoms with van der Waals surface area (Å²) in [6.07, 6.45) is 3.48. The van der Waals surface area contributed by atoms with Crippen molar-refractivity contribution in [3.8, 4) is 0 Å². The second-order valence-electron chi connectivity index (χ2n) is 11.4. The second-order valence-corrected chi connectivity index (χ2v) is 13.3. The van der Waals surface area contributed by atoms with E-state index in [1.54, 1.807) is 12.1 Å². The highest BCUT2D eigenvalue weighted by molar-refractivity contribution is 7.89. The third-order valence-corrected chi connectivity index (χ3v) is 10.1. The first-order valence-corrected chi connectivity index (χ1v) is 16.4. The molecule has 45 heavy (non-hydrogen) atoms. The monoisotopic (exact) mass is 643 g/mol. The molecule has 3 aliphatic heterocycles. The van der Waals surface area contributed by atoms with Gasteiger partial charge in [0.05, 0.1) is 35.9 Å². The van der Waals surface area contributed by atoms with Gasteiger partial charge in [-0.1, -0.05) is 6.42 Å². The number of benzene rings is 2. The Morgan fingerprint density at radius 2 is 1.67 bits per heavy atom. The largest absolute Gasteiger partial charge is 0.378 e. The number of halogens is 2. The van der Waals surface area contributed by atoms with Gasteiger partial charge in [-0.25, -0.2) is 17.2 Å². The van der Waals surface area contributed by atoms with Crippen LogP contribution in [0.1, 0.15) is 40.9 Å². The van der Waals surface area contributed by atoms with E-state index in [4.69, 9.17) is 4.74 Å². The predicted octanol–water partition coefficient (Wildman–Crippen LogP) is 2.95. The number of rotatable bonds is 8. The highest BCUT2D eigenvalue weighted by Gasteiger charge is 2.32. The fourth-order valence-corrected chi connectivity index (χ4v) is 7.39. The number of nitrogens with zero attached hydrogens (tertiary/aromatic N) is 4. The molecule has 0 atom stereocenters. The van der Waals surface area contributed by atoms with Gasteiger partial charge in [0.25, 0.3) is 5.91 Å². The van der Waals surface area contributed by atoms with Crippen LogP contribution in [0.2, 0.25) is 0 Å². The highest BCUT2D eigenvalue weighted by Crippen LogP contribution is 2.30. The number of hydrogen-bond acceptors (Lipinski definition) is 8. The van der Waals surface area contributed by atoms with Crippen LogP contribution in [0.4, 0.5) is 26.0 Å². The number of likely N-dealkylation sites (tertiary alicyclic amines) is 1. The number of amides is 2. The van der Waals surface area contributed by atoms with Crippen LogP contribution in [0.25, 0.3) is 0 Å². The summed E-state index contributed by atoms with van der Waals surface area (Å²) >= 11 is 0. The smallest absolute Gasteiger partial charge is 0.258 e. The maximum absolute atomic E-state index is 13.8. The van der Waals surface area contributed by atoms with Gasteiger partial charge in [0.1, 0.15) is 11.6 Å². The van der Waals surface area contributed by atoms with E-state index in [0.717, 1.165) is 54.5 Å². The molecule has 2 amide bonds. The van der Waals surface area contributed by atoms with Crippen molar-refractivity contribution in [2.75, 3.05) is 68.0 Å². The molecular weight excluding hydrogens is 608 g/mol. The topological polar surface area (TPSA) is 140 Å². The van der Waals surface area contributed by atoms with Crippen LogP contribution in [0, 0.1) is 11.6 Å². The number of aromatic amines is 1. The van der Waals surface area contributed by atoms with Crippen LogP contribution >= 0.6 is 0 Å². The number of carbonyl (C=O) groups excluding carboxylic acids is 2. The van der Waals surface area contributed by atoms with Crippen molar-refractivity contribution < 1.29 is 31.5 Å². The van der Waals surface area contributed by atoms with Crippen LogP contribution in [0.3, 0.4) is 0 Å². The van der Waals surface area contributed by atoms with Gasteiger partial charge in [-0.3, -0.25) is 19.6 Å². The maximum atomic E-state index is 13.8. The number of H-pyrrole nitrogens is 1. The summed E-state index contributed by atoms with van der Waals surface area (Å²) in [7, 11) is -4.24. The number of sulfonamides is 1. The van der Waals surface area contributed by atoms with E-state index in [1.165, 1.54) is 0 Å². The van der Waals surface area contributed by atoms with Crippen LogP contribution in [0.5, 0.6) is 0 Å². The molecule has 4 heterocycles. The van der Waals surface area contributed by atoms with Gasteiger partial charge < -0.3 is 20.3 Å². The first-order valence-electron chi connectivity index (χ1n) is 15.0. The molecule has 3 aromatic rings. The Labute approximate surface area is 259 Å². The molecule has 0 radical (unpaired) electrons. The third kappa shape index (κ3) is 7.01. The quantitative estimate of drug-likeness (QED) is 0.341. The lowest BCUT2D eigenvalue weighted by atomic mass is 10.1. The fraction of sp³-hybridized carbons (Fsp3) is 0.433. The van der Waals surface area contributed by atoms with Crippen molar-refractivity contribution >= 4 is 39.0 Å². The zero-order valence-corrected chi connectivity index (χ0v) is 25.5. The van der Waals surface area contributed by atoms with Crippen molar-refractivity contribution in [3.05, 3.63) is 64.9 Å². The third-order valence-electron chi connectivity index (χ3n) is 8.32. The molecule has 0 spiro atoms. The van der Waals surface area contributed by atoms with Gasteiger partial charge in [-0.15, -0.1) is 0 Å². The minimum atomic E-state index is -4.24. The Balaban J connectivity index is 1.23. The molecule has 3 N–H and O–H groups in total. The molecular formula is C30H35F2N7O5S. The van der Waals surface area contributed by atoms with Crippen molar-refractivity contribution in [2.45, 2.75) is 37.1 Å². The molecule has 15 heteroatoms. The summed E-state index contributed by atoms with van der Waals surface area (Å²) in [6.45, 7) is 4.29. The number of piperidine rings is 1. The van der Waals surface area contributed by atoms with Crippen LogP contribution in [0.15, 0.2) is 41.3 Å². The van der Waals surface area contributed by atoms with E-state index in [1.807, 2.05) is 6.07 Å². The van der Waals surface area contributed by atoms with Crippen LogP contribution in [-0.4, -0.2) is 92.1 Å². The molecule has 6 rings (SSSR count). The fourth-order valence-electron chi connectivity index (χ4n) is 5.94. The van der Waals surface area contributed by atoms with E-state index < -0.39 is 32.5 Å². The Kier molecular flexibility index (Phi) is 9.12. The first kappa shape index (κ1) is 31.1. The van der Waals surface area contributed by atoms with Gasteiger partial charge >= 0.3 is 0 Å². The van der Waals surface area contributed by atoms with E-state index in [9.17, 15) is 26.8 Å². The second kappa shape index (κ2) is 13.2. The summed E-state index contributed by atoms with van der Waals surface area (Å²) < 4.78 is 60.7. The lowest BCUT2D eigenvalue weighted by Crippen LogP contribution is -2.37. The van der Waals surface area contributed by atoms with Gasteiger partial charge in [0, 0.05) is 55.6 Å². The number of nitrogens with one attached hydrogen (secondary N) is 3. The number of hydrogen-bond donors (Lipinski definition) is 3. The first-order chi connectivity index (χ1) is 21.7. The average molecular weight is 644 g/mol. The molecule has 2 aromatic carbocycles. The number of morpholine rings is 1. The Bertz CT molecular complexity index is 1670. The minimum absolute atomic E-state index is 0.0548. The SMILES string of the molecule is O=C(CN1CCCCC1)Nc1cc(N2CCOCC2)ccc1C(=O)Nc1n[nH]c2c1CN(S(=O)(=O)c1cc(F)cc(F)c1)CC2. The maximum Gasteiger partial charge on any atom is 0.258 e. The van der Waals surface area contributed by atoms with E-state index in [-0.39, 0.29) is 43.3 Å². The van der Waals surface area contributed by atoms with E-state index in [2.05, 4.69) is 30.6 Å². The lowest BCUT2D eigenvalue weighted by molar-refractivity contribution is -0.117. The molecule has 0 bridgehead atoms. The Hall–Kier alpha value is -3.92. The summed E-state index contributed by atoms with van der Waals surface area (Å²) in [5.74, 6) is -2.64. The number of aromatic nitrogens is 2. The molecule has 0 saturated carbocycles. The average Bonchev–Trinajstić information content (AvgIpc) is 3.43. The number of carbonyl (C=O) groups is 2. The minimum Gasteiger partial charge on any atom is -0.378 e. The molecule has 0 unspecified atom stereocenters. The van der Waals surface area contributed by atoms with Crippen molar-refractivity contribution in [1.29, 1.82) is 0 Å². The van der Waals surface area contributed by atoms with Gasteiger partial charge in [0.2, 0.25) is 15.9 Å². The highest BCUT2D eigenvalue weighted by atomic mass is 32.2. The summed E-state index contributed by atoms with van der Waals surface area (Å²) in [5.41, 5.74) is 2.48. The molecule has 2 fully saturated rings. The number of anilines is 3. The molecule has 240 valence electrons. The molecule has 0 aliphatic carbocycles. The zero-order chi connectivity index (χ0) is 31.6. The van der Waals surface area contributed by atoms with Crippen molar-refractivity contribution in [1.82, 2.24) is 19.4 Å². The molecule has 2 saturated heterocycles. The van der Waals surface area contributed by atoms with Crippen molar-refractivity contribution in [3.63, 3.8) is 0 Å².